The summed E-state index contributed by atoms with van der Waals surface area (Å²) in [6, 6.07) is 14.3. The summed E-state index contributed by atoms with van der Waals surface area (Å²) < 4.78 is 0. The van der Waals surface area contributed by atoms with E-state index in [0.29, 0.717) is 0 Å². The molecule has 0 radical (unpaired) electrons. The van der Waals surface area contributed by atoms with Gasteiger partial charge in [0, 0.05) is 31.3 Å². The Balaban J connectivity index is 0.00000225. The summed E-state index contributed by atoms with van der Waals surface area (Å²) in [6.45, 7) is 2.26. The molecule has 0 atom stereocenters. The van der Waals surface area contributed by atoms with Crippen molar-refractivity contribution in [2.75, 3.05) is 18.0 Å². The minimum Gasteiger partial charge on any atom is -0.371 e. The third-order valence-corrected chi connectivity index (χ3v) is 4.87. The Morgan fingerprint density at radius 1 is 1.18 bits per heavy atom. The van der Waals surface area contributed by atoms with Crippen molar-refractivity contribution in [3.05, 3.63) is 65.5 Å². The van der Waals surface area contributed by atoms with E-state index >= 15 is 0 Å². The van der Waals surface area contributed by atoms with Crippen LogP contribution in [0, 0.1) is 0 Å². The van der Waals surface area contributed by atoms with Crippen LogP contribution in [0.1, 0.15) is 29.8 Å². The van der Waals surface area contributed by atoms with E-state index in [4.69, 9.17) is 10.2 Å². The third kappa shape index (κ3) is 4.52. The second-order valence-corrected chi connectivity index (χ2v) is 6.81. The molecular weight excluding hydrogens is 376 g/mol. The van der Waals surface area contributed by atoms with Gasteiger partial charge in [-0.1, -0.05) is 24.3 Å². The molecule has 0 aliphatic carbocycles. The van der Waals surface area contributed by atoms with Crippen LogP contribution >= 0.6 is 12.4 Å². The zero-order valence-electron chi connectivity index (χ0n) is 15.4. The van der Waals surface area contributed by atoms with Gasteiger partial charge in [-0.3, -0.25) is 10.0 Å². The van der Waals surface area contributed by atoms with Crippen molar-refractivity contribution < 1.29 is 10.0 Å². The van der Waals surface area contributed by atoms with E-state index in [2.05, 4.69) is 28.1 Å². The number of hydrogen-bond acceptors (Lipinski definition) is 4. The monoisotopic (exact) mass is 398 g/mol. The minimum atomic E-state index is -0.547. The van der Waals surface area contributed by atoms with Gasteiger partial charge < -0.3 is 9.88 Å². The Bertz CT molecular complexity index is 976. The first kappa shape index (κ1) is 19.9. The molecule has 146 valence electrons. The minimum absolute atomic E-state index is 0. The van der Waals surface area contributed by atoms with Crippen molar-refractivity contribution >= 4 is 41.1 Å². The van der Waals surface area contributed by atoms with E-state index in [9.17, 15) is 4.79 Å². The zero-order valence-corrected chi connectivity index (χ0v) is 16.2. The molecule has 1 aliphatic heterocycles. The van der Waals surface area contributed by atoms with Gasteiger partial charge in [-0.2, -0.15) is 0 Å². The van der Waals surface area contributed by atoms with Crippen LogP contribution in [-0.2, 0) is 11.2 Å². The van der Waals surface area contributed by atoms with Gasteiger partial charge in [0.05, 0.1) is 11.0 Å². The normalized spacial score (nSPS) is 13.8. The number of rotatable bonds is 5. The summed E-state index contributed by atoms with van der Waals surface area (Å²) in [5, 5.41) is 8.50. The quantitative estimate of drug-likeness (QED) is 0.348. The molecule has 0 unspecified atom stereocenters. The first-order chi connectivity index (χ1) is 13.2. The van der Waals surface area contributed by atoms with Gasteiger partial charge in [-0.15, -0.1) is 12.4 Å². The number of amides is 1. The lowest BCUT2D eigenvalue weighted by molar-refractivity contribution is -0.124. The molecule has 3 aromatic rings. The molecular formula is C21H23ClN4O2. The topological polar surface area (TPSA) is 81.2 Å². The molecule has 28 heavy (non-hydrogen) atoms. The summed E-state index contributed by atoms with van der Waals surface area (Å²) in [4.78, 5) is 21.6. The van der Waals surface area contributed by atoms with Crippen molar-refractivity contribution in [1.29, 1.82) is 0 Å². The van der Waals surface area contributed by atoms with Crippen molar-refractivity contribution in [1.82, 2.24) is 15.4 Å². The number of fused-ring (bicyclic) bond motifs is 1. The van der Waals surface area contributed by atoms with Crippen LogP contribution in [-0.4, -0.2) is 34.2 Å². The number of hydroxylamine groups is 1. The van der Waals surface area contributed by atoms with Gasteiger partial charge in [0.15, 0.2) is 0 Å². The molecule has 7 heteroatoms. The number of nitrogens with one attached hydrogen (secondary N) is 2. The lowest BCUT2D eigenvalue weighted by atomic mass is 10.1. The van der Waals surface area contributed by atoms with E-state index < -0.39 is 5.91 Å². The molecule has 1 aliphatic rings. The smallest absolute Gasteiger partial charge is 0.267 e. The van der Waals surface area contributed by atoms with Crippen LogP contribution in [0.5, 0.6) is 0 Å². The summed E-state index contributed by atoms with van der Waals surface area (Å²) in [5.74, 6) is 0.390. The average Bonchev–Trinajstić information content (AvgIpc) is 3.36. The molecule has 0 spiro atoms. The number of benzene rings is 2. The van der Waals surface area contributed by atoms with Crippen LogP contribution in [0.15, 0.2) is 48.5 Å². The standard InChI is InChI=1S/C21H22N4O2.ClH/c26-21(24-27)10-7-15-3-5-16(6-4-15)13-20-22-18-9-8-17(14-19(18)23-20)25-11-1-2-12-25;/h3-10,14,27H,1-2,11-13H2,(H,22,23)(H,24,26);1H/b10-7+;. The number of H-pyrrole nitrogens is 1. The molecule has 1 amide bonds. The molecule has 2 aromatic carbocycles. The number of imidazole rings is 1. The third-order valence-electron chi connectivity index (χ3n) is 4.87. The van der Waals surface area contributed by atoms with E-state index in [1.807, 2.05) is 24.3 Å². The number of halogens is 1. The number of anilines is 1. The van der Waals surface area contributed by atoms with Gasteiger partial charge in [0.25, 0.3) is 5.91 Å². The molecule has 3 N–H and O–H groups in total. The first-order valence-electron chi connectivity index (χ1n) is 9.16. The van der Waals surface area contributed by atoms with Gasteiger partial charge in [0.2, 0.25) is 0 Å². The molecule has 0 saturated carbocycles. The number of hydrogen-bond donors (Lipinski definition) is 3. The maximum Gasteiger partial charge on any atom is 0.267 e. The molecule has 1 fully saturated rings. The number of carbonyl (C=O) groups excluding carboxylic acids is 1. The Morgan fingerprint density at radius 3 is 2.64 bits per heavy atom. The van der Waals surface area contributed by atoms with Gasteiger partial charge in [-0.05, 0) is 48.2 Å². The van der Waals surface area contributed by atoms with Crippen LogP contribution < -0.4 is 10.4 Å². The fraction of sp³-hybridized carbons (Fsp3) is 0.238. The van der Waals surface area contributed by atoms with Crippen molar-refractivity contribution in [2.45, 2.75) is 19.3 Å². The van der Waals surface area contributed by atoms with E-state index in [0.717, 1.165) is 47.5 Å². The SMILES string of the molecule is Cl.O=C(/C=C/c1ccc(Cc2nc3ccc(N4CCCC4)cc3[nH]2)cc1)NO. The maximum absolute atomic E-state index is 11.0. The highest BCUT2D eigenvalue weighted by Gasteiger charge is 2.13. The van der Waals surface area contributed by atoms with Crippen LogP contribution in [0.2, 0.25) is 0 Å². The average molecular weight is 399 g/mol. The Kier molecular flexibility index (Phi) is 6.34. The highest BCUT2D eigenvalue weighted by atomic mass is 35.5. The van der Waals surface area contributed by atoms with E-state index in [1.165, 1.54) is 24.6 Å². The lowest BCUT2D eigenvalue weighted by Crippen LogP contribution is -2.17. The molecule has 1 saturated heterocycles. The number of carbonyl (C=O) groups is 1. The predicted octanol–water partition coefficient (Wildman–Crippen LogP) is 3.69. The molecule has 2 heterocycles. The molecule has 6 nitrogen and oxygen atoms in total. The fourth-order valence-corrected chi connectivity index (χ4v) is 3.46. The summed E-state index contributed by atoms with van der Waals surface area (Å²) >= 11 is 0. The van der Waals surface area contributed by atoms with E-state index in [1.54, 1.807) is 11.6 Å². The fourth-order valence-electron chi connectivity index (χ4n) is 3.46. The van der Waals surface area contributed by atoms with Crippen molar-refractivity contribution in [2.24, 2.45) is 0 Å². The highest BCUT2D eigenvalue weighted by Crippen LogP contribution is 2.24. The van der Waals surface area contributed by atoms with Gasteiger partial charge in [0.1, 0.15) is 5.82 Å². The van der Waals surface area contributed by atoms with Crippen LogP contribution in [0.25, 0.3) is 17.1 Å². The van der Waals surface area contributed by atoms with E-state index in [-0.39, 0.29) is 12.4 Å². The van der Waals surface area contributed by atoms with Crippen molar-refractivity contribution in [3.8, 4) is 0 Å². The molecule has 4 rings (SSSR count). The number of aromatic amines is 1. The summed E-state index contributed by atoms with van der Waals surface area (Å²) in [7, 11) is 0. The highest BCUT2D eigenvalue weighted by molar-refractivity contribution is 5.90. The largest absolute Gasteiger partial charge is 0.371 e. The van der Waals surface area contributed by atoms with Crippen LogP contribution in [0.3, 0.4) is 0 Å². The first-order valence-corrected chi connectivity index (χ1v) is 9.16. The Labute approximate surface area is 169 Å². The molecule has 0 bridgehead atoms. The Morgan fingerprint density at radius 2 is 1.93 bits per heavy atom. The van der Waals surface area contributed by atoms with Crippen molar-refractivity contribution in [3.63, 3.8) is 0 Å². The summed E-state index contributed by atoms with van der Waals surface area (Å²) in [6.07, 6.45) is 6.18. The second-order valence-electron chi connectivity index (χ2n) is 6.81. The number of nitrogens with zero attached hydrogens (tertiary/aromatic N) is 2. The number of aromatic nitrogens is 2. The lowest BCUT2D eigenvalue weighted by Gasteiger charge is -2.17. The maximum atomic E-state index is 11.0. The zero-order chi connectivity index (χ0) is 18.6. The van der Waals surface area contributed by atoms with Gasteiger partial charge in [-0.25, -0.2) is 10.5 Å². The summed E-state index contributed by atoms with van der Waals surface area (Å²) in [5.41, 5.74) is 6.92. The molecule has 1 aromatic heterocycles. The van der Waals surface area contributed by atoms with Crippen LogP contribution in [0.4, 0.5) is 5.69 Å². The second kappa shape index (κ2) is 8.91. The van der Waals surface area contributed by atoms with Gasteiger partial charge >= 0.3 is 0 Å². The predicted molar refractivity (Wildman–Crippen MR) is 113 cm³/mol. The Hall–Kier alpha value is -2.83.